The fraction of sp³-hybridized carbons (Fsp3) is 0.235. The van der Waals surface area contributed by atoms with E-state index in [9.17, 15) is 13.6 Å². The summed E-state index contributed by atoms with van der Waals surface area (Å²) in [6, 6.07) is 10.4. The van der Waals surface area contributed by atoms with Gasteiger partial charge in [0.25, 0.3) is 0 Å². The first-order valence-corrected chi connectivity index (χ1v) is 7.04. The first kappa shape index (κ1) is 16.9. The van der Waals surface area contributed by atoms with Gasteiger partial charge in [-0.05, 0) is 25.2 Å². The fourth-order valence-corrected chi connectivity index (χ4v) is 2.14. The normalized spacial score (nSPS) is 10.7. The summed E-state index contributed by atoms with van der Waals surface area (Å²) in [5.41, 5.74) is 0.957. The summed E-state index contributed by atoms with van der Waals surface area (Å²) < 4.78 is 31.6. The molecule has 2 rings (SSSR count). The number of nitrogens with zero attached hydrogens (tertiary/aromatic N) is 1. The number of anilines is 1. The van der Waals surface area contributed by atoms with Gasteiger partial charge in [0.1, 0.15) is 17.4 Å². The number of hydrogen-bond acceptors (Lipinski definition) is 3. The number of carbonyl (C=O) groups is 1. The molecule has 0 aliphatic heterocycles. The summed E-state index contributed by atoms with van der Waals surface area (Å²) >= 11 is 0. The lowest BCUT2D eigenvalue weighted by atomic mass is 10.2. The maximum atomic E-state index is 13.6. The Bertz CT molecular complexity index is 692. The van der Waals surface area contributed by atoms with Gasteiger partial charge >= 0.3 is 0 Å². The Morgan fingerprint density at radius 3 is 2.70 bits per heavy atom. The molecule has 4 nitrogen and oxygen atoms in total. The molecule has 6 heteroatoms. The Morgan fingerprint density at radius 1 is 1.22 bits per heavy atom. The third-order valence-corrected chi connectivity index (χ3v) is 3.22. The molecule has 0 atom stereocenters. The number of nitrogens with one attached hydrogen (secondary N) is 1. The first-order chi connectivity index (χ1) is 11.0. The van der Waals surface area contributed by atoms with Crippen LogP contribution in [0.15, 0.2) is 42.5 Å². The van der Waals surface area contributed by atoms with Gasteiger partial charge in [-0.25, -0.2) is 8.78 Å². The largest absolute Gasteiger partial charge is 0.497 e. The predicted molar refractivity (Wildman–Crippen MR) is 84.3 cm³/mol. The van der Waals surface area contributed by atoms with Crippen molar-refractivity contribution in [1.82, 2.24) is 4.90 Å². The molecule has 0 bridgehead atoms. The summed E-state index contributed by atoms with van der Waals surface area (Å²) in [4.78, 5) is 13.6. The lowest BCUT2D eigenvalue weighted by Crippen LogP contribution is -2.30. The second-order valence-corrected chi connectivity index (χ2v) is 5.19. The number of likely N-dealkylation sites (N-methyl/N-ethyl adjacent to an activating group) is 1. The Kier molecular flexibility index (Phi) is 5.65. The van der Waals surface area contributed by atoms with Crippen LogP contribution in [-0.4, -0.2) is 31.5 Å². The molecule has 2 aromatic rings. The van der Waals surface area contributed by atoms with Crippen LogP contribution in [0, 0.1) is 11.6 Å². The van der Waals surface area contributed by atoms with Crippen molar-refractivity contribution in [1.29, 1.82) is 0 Å². The van der Waals surface area contributed by atoms with Gasteiger partial charge in [-0.15, -0.1) is 0 Å². The first-order valence-electron chi connectivity index (χ1n) is 7.04. The zero-order valence-electron chi connectivity index (χ0n) is 13.0. The van der Waals surface area contributed by atoms with Gasteiger partial charge in [0.2, 0.25) is 5.91 Å². The van der Waals surface area contributed by atoms with Crippen LogP contribution >= 0.6 is 0 Å². The van der Waals surface area contributed by atoms with Gasteiger partial charge in [-0.2, -0.15) is 0 Å². The summed E-state index contributed by atoms with van der Waals surface area (Å²) in [6.45, 7) is 0.283. The number of rotatable bonds is 6. The lowest BCUT2D eigenvalue weighted by Gasteiger charge is -2.17. The average molecular weight is 320 g/mol. The summed E-state index contributed by atoms with van der Waals surface area (Å²) in [7, 11) is 3.24. The minimum Gasteiger partial charge on any atom is -0.497 e. The maximum Gasteiger partial charge on any atom is 0.238 e. The minimum absolute atomic E-state index is 0.0774. The third kappa shape index (κ3) is 5.03. The highest BCUT2D eigenvalue weighted by Crippen LogP contribution is 2.17. The molecule has 0 aromatic heterocycles. The van der Waals surface area contributed by atoms with Gasteiger partial charge in [0, 0.05) is 29.9 Å². The number of hydrogen-bond donors (Lipinski definition) is 1. The zero-order valence-corrected chi connectivity index (χ0v) is 13.0. The number of methoxy groups -OCH3 is 1. The van der Waals surface area contributed by atoms with Crippen LogP contribution in [0.2, 0.25) is 0 Å². The molecular formula is C17H18F2N2O2. The number of carbonyl (C=O) groups excluding carboxylic acids is 1. The Labute approximate surface area is 133 Å². The maximum absolute atomic E-state index is 13.6. The van der Waals surface area contributed by atoms with E-state index in [0.717, 1.165) is 6.07 Å². The lowest BCUT2D eigenvalue weighted by molar-refractivity contribution is -0.117. The van der Waals surface area contributed by atoms with Crippen molar-refractivity contribution >= 4 is 11.6 Å². The molecule has 0 aliphatic carbocycles. The van der Waals surface area contributed by atoms with E-state index in [1.807, 2.05) is 0 Å². The fourth-order valence-electron chi connectivity index (χ4n) is 2.14. The molecule has 0 radical (unpaired) electrons. The van der Waals surface area contributed by atoms with Crippen LogP contribution in [-0.2, 0) is 11.3 Å². The molecule has 23 heavy (non-hydrogen) atoms. The van der Waals surface area contributed by atoms with E-state index in [-0.39, 0.29) is 19.0 Å². The highest BCUT2D eigenvalue weighted by Gasteiger charge is 2.11. The van der Waals surface area contributed by atoms with Crippen LogP contribution in [0.3, 0.4) is 0 Å². The van der Waals surface area contributed by atoms with Crippen LogP contribution in [0.4, 0.5) is 14.5 Å². The smallest absolute Gasteiger partial charge is 0.238 e. The molecule has 0 saturated carbocycles. The second kappa shape index (κ2) is 7.69. The molecule has 1 amide bonds. The molecule has 2 aromatic carbocycles. The molecule has 0 saturated heterocycles. The van der Waals surface area contributed by atoms with Crippen molar-refractivity contribution in [2.75, 3.05) is 26.0 Å². The van der Waals surface area contributed by atoms with E-state index in [4.69, 9.17) is 4.74 Å². The van der Waals surface area contributed by atoms with Crippen molar-refractivity contribution in [3.8, 4) is 5.75 Å². The van der Waals surface area contributed by atoms with Gasteiger partial charge in [-0.3, -0.25) is 9.69 Å². The summed E-state index contributed by atoms with van der Waals surface area (Å²) in [5.74, 6) is -0.831. The summed E-state index contributed by atoms with van der Waals surface area (Å²) in [5, 5.41) is 2.74. The Morgan fingerprint density at radius 2 is 2.00 bits per heavy atom. The van der Waals surface area contributed by atoms with E-state index in [2.05, 4.69) is 5.32 Å². The highest BCUT2D eigenvalue weighted by molar-refractivity contribution is 5.92. The Balaban J connectivity index is 1.91. The number of ether oxygens (including phenoxy) is 1. The van der Waals surface area contributed by atoms with Crippen molar-refractivity contribution in [2.45, 2.75) is 6.54 Å². The number of halogens is 2. The van der Waals surface area contributed by atoms with Gasteiger partial charge in [0.15, 0.2) is 0 Å². The zero-order chi connectivity index (χ0) is 16.8. The van der Waals surface area contributed by atoms with Crippen LogP contribution < -0.4 is 10.1 Å². The van der Waals surface area contributed by atoms with E-state index in [1.165, 1.54) is 12.1 Å². The van der Waals surface area contributed by atoms with Crippen molar-refractivity contribution in [3.63, 3.8) is 0 Å². The van der Waals surface area contributed by atoms with Gasteiger partial charge in [0.05, 0.1) is 13.7 Å². The van der Waals surface area contributed by atoms with E-state index in [1.54, 1.807) is 43.3 Å². The number of benzene rings is 2. The van der Waals surface area contributed by atoms with Crippen LogP contribution in [0.1, 0.15) is 5.56 Å². The highest BCUT2D eigenvalue weighted by atomic mass is 19.1. The average Bonchev–Trinajstić information content (AvgIpc) is 2.50. The topological polar surface area (TPSA) is 41.6 Å². The minimum atomic E-state index is -0.621. The van der Waals surface area contributed by atoms with Gasteiger partial charge in [-0.1, -0.05) is 12.1 Å². The van der Waals surface area contributed by atoms with Crippen molar-refractivity contribution in [3.05, 3.63) is 59.7 Å². The number of amides is 1. The van der Waals surface area contributed by atoms with Crippen LogP contribution in [0.25, 0.3) is 0 Å². The molecule has 0 fully saturated rings. The van der Waals surface area contributed by atoms with E-state index in [0.29, 0.717) is 17.0 Å². The molecule has 122 valence electrons. The standard InChI is InChI=1S/C17H18F2N2O2/c1-21(10-12-6-7-13(18)8-16(12)19)11-17(22)20-14-4-3-5-15(9-14)23-2/h3-9H,10-11H2,1-2H3,(H,20,22). The van der Waals surface area contributed by atoms with Gasteiger partial charge < -0.3 is 10.1 Å². The molecule has 0 spiro atoms. The molecule has 0 unspecified atom stereocenters. The quantitative estimate of drug-likeness (QED) is 0.889. The van der Waals surface area contributed by atoms with E-state index >= 15 is 0 Å². The van der Waals surface area contributed by atoms with E-state index < -0.39 is 11.6 Å². The molecule has 0 aliphatic rings. The Hall–Kier alpha value is -2.47. The van der Waals surface area contributed by atoms with Crippen molar-refractivity contribution in [2.24, 2.45) is 0 Å². The second-order valence-electron chi connectivity index (χ2n) is 5.19. The monoisotopic (exact) mass is 320 g/mol. The SMILES string of the molecule is COc1cccc(NC(=O)CN(C)Cc2ccc(F)cc2F)c1. The summed E-state index contributed by atoms with van der Waals surface area (Å²) in [6.07, 6.45) is 0. The third-order valence-electron chi connectivity index (χ3n) is 3.22. The molecule has 1 N–H and O–H groups in total. The van der Waals surface area contributed by atoms with Crippen molar-refractivity contribution < 1.29 is 18.3 Å². The molecular weight excluding hydrogens is 302 g/mol. The molecule has 0 heterocycles. The predicted octanol–water partition coefficient (Wildman–Crippen LogP) is 3.04. The van der Waals surface area contributed by atoms with Crippen LogP contribution in [0.5, 0.6) is 5.75 Å².